The molecule has 1 aliphatic rings. The fourth-order valence-corrected chi connectivity index (χ4v) is 1.88. The van der Waals surface area contributed by atoms with E-state index in [1.165, 1.54) is 0 Å². The van der Waals surface area contributed by atoms with E-state index in [0.717, 1.165) is 25.7 Å². The van der Waals surface area contributed by atoms with Gasteiger partial charge < -0.3 is 15.8 Å². The van der Waals surface area contributed by atoms with E-state index < -0.39 is 5.60 Å². The third-order valence-corrected chi connectivity index (χ3v) is 3.04. The van der Waals surface area contributed by atoms with E-state index in [1.54, 1.807) is 0 Å². The number of nitrogens with one attached hydrogen (secondary N) is 1. The highest BCUT2D eigenvalue weighted by atomic mass is 16.5. The molecule has 1 saturated heterocycles. The minimum atomic E-state index is -0.609. The smallest absolute Gasteiger partial charge is 0.252 e. The van der Waals surface area contributed by atoms with Crippen LogP contribution in [0.4, 0.5) is 0 Å². The van der Waals surface area contributed by atoms with Crippen molar-refractivity contribution in [3.05, 3.63) is 0 Å². The first-order chi connectivity index (χ1) is 7.12. The lowest BCUT2D eigenvalue weighted by Crippen LogP contribution is -2.48. The van der Waals surface area contributed by atoms with Gasteiger partial charge in [0.1, 0.15) is 5.60 Å². The molecule has 3 N–H and O–H groups in total. The van der Waals surface area contributed by atoms with Crippen molar-refractivity contribution in [2.75, 3.05) is 13.2 Å². The van der Waals surface area contributed by atoms with Crippen LogP contribution in [0.5, 0.6) is 0 Å². The van der Waals surface area contributed by atoms with Crippen molar-refractivity contribution in [1.29, 1.82) is 0 Å². The Morgan fingerprint density at radius 2 is 2.40 bits per heavy atom. The molecule has 0 aromatic rings. The molecule has 4 nitrogen and oxygen atoms in total. The summed E-state index contributed by atoms with van der Waals surface area (Å²) in [6, 6.07) is 0.184. The highest BCUT2D eigenvalue weighted by molar-refractivity contribution is 5.85. The van der Waals surface area contributed by atoms with Crippen molar-refractivity contribution < 1.29 is 9.53 Å². The van der Waals surface area contributed by atoms with Crippen LogP contribution in [0.25, 0.3) is 0 Å². The topological polar surface area (TPSA) is 64.3 Å². The van der Waals surface area contributed by atoms with Crippen molar-refractivity contribution in [2.45, 2.75) is 51.2 Å². The van der Waals surface area contributed by atoms with Crippen molar-refractivity contribution in [2.24, 2.45) is 5.73 Å². The molecule has 1 heterocycles. The molecule has 1 amide bonds. The monoisotopic (exact) mass is 214 g/mol. The summed E-state index contributed by atoms with van der Waals surface area (Å²) in [4.78, 5) is 11.9. The van der Waals surface area contributed by atoms with Gasteiger partial charge in [-0.05, 0) is 39.2 Å². The quantitative estimate of drug-likeness (QED) is 0.711. The van der Waals surface area contributed by atoms with E-state index in [9.17, 15) is 4.79 Å². The molecule has 2 atom stereocenters. The van der Waals surface area contributed by atoms with Gasteiger partial charge in [0.15, 0.2) is 0 Å². The van der Waals surface area contributed by atoms with E-state index in [1.807, 2.05) is 6.92 Å². The second-order valence-electron chi connectivity index (χ2n) is 4.34. The van der Waals surface area contributed by atoms with Crippen LogP contribution < -0.4 is 11.1 Å². The summed E-state index contributed by atoms with van der Waals surface area (Å²) in [7, 11) is 0. The van der Waals surface area contributed by atoms with Crippen molar-refractivity contribution in [3.8, 4) is 0 Å². The van der Waals surface area contributed by atoms with Gasteiger partial charge >= 0.3 is 0 Å². The zero-order valence-electron chi connectivity index (χ0n) is 9.71. The summed E-state index contributed by atoms with van der Waals surface area (Å²) < 4.78 is 5.48. The molecular formula is C11H22N2O2. The van der Waals surface area contributed by atoms with E-state index in [-0.39, 0.29) is 11.9 Å². The Labute approximate surface area is 91.5 Å². The molecule has 1 fully saturated rings. The second kappa shape index (κ2) is 5.47. The molecular weight excluding hydrogens is 192 g/mol. The fraction of sp³-hybridized carbons (Fsp3) is 0.909. The second-order valence-corrected chi connectivity index (χ2v) is 4.34. The first kappa shape index (κ1) is 12.5. The standard InChI is InChI=1S/C11H22N2O2/c1-3-9(5-7-12)13-10(14)11(2)6-4-8-15-11/h9H,3-8,12H2,1-2H3,(H,13,14). The lowest BCUT2D eigenvalue weighted by Gasteiger charge is -2.25. The number of hydrogen-bond acceptors (Lipinski definition) is 3. The molecule has 0 bridgehead atoms. The highest BCUT2D eigenvalue weighted by Gasteiger charge is 2.38. The Morgan fingerprint density at radius 3 is 2.87 bits per heavy atom. The normalized spacial score (nSPS) is 27.7. The molecule has 4 heteroatoms. The van der Waals surface area contributed by atoms with Gasteiger partial charge in [0, 0.05) is 12.6 Å². The Hall–Kier alpha value is -0.610. The minimum Gasteiger partial charge on any atom is -0.365 e. The zero-order valence-corrected chi connectivity index (χ0v) is 9.71. The molecule has 2 unspecified atom stereocenters. The number of nitrogens with two attached hydrogens (primary N) is 1. The van der Waals surface area contributed by atoms with Crippen LogP contribution in [0.15, 0.2) is 0 Å². The third kappa shape index (κ3) is 3.18. The average Bonchev–Trinajstić information content (AvgIpc) is 2.65. The largest absolute Gasteiger partial charge is 0.365 e. The van der Waals surface area contributed by atoms with Crippen LogP contribution >= 0.6 is 0 Å². The van der Waals surface area contributed by atoms with Crippen LogP contribution in [0.3, 0.4) is 0 Å². The molecule has 88 valence electrons. The van der Waals surface area contributed by atoms with Gasteiger partial charge in [0.05, 0.1) is 0 Å². The van der Waals surface area contributed by atoms with Gasteiger partial charge in [0.2, 0.25) is 0 Å². The van der Waals surface area contributed by atoms with Crippen molar-refractivity contribution in [3.63, 3.8) is 0 Å². The lowest BCUT2D eigenvalue weighted by atomic mass is 10.0. The molecule has 0 radical (unpaired) electrons. The van der Waals surface area contributed by atoms with Gasteiger partial charge in [-0.25, -0.2) is 0 Å². The molecule has 1 rings (SSSR count). The predicted molar refractivity (Wildman–Crippen MR) is 59.5 cm³/mol. The number of carbonyl (C=O) groups is 1. The molecule has 0 aromatic carbocycles. The van der Waals surface area contributed by atoms with Crippen LogP contribution in [0.1, 0.15) is 39.5 Å². The van der Waals surface area contributed by atoms with Gasteiger partial charge in [-0.3, -0.25) is 4.79 Å². The first-order valence-electron chi connectivity index (χ1n) is 5.77. The number of hydrogen-bond donors (Lipinski definition) is 2. The van der Waals surface area contributed by atoms with Crippen LogP contribution in [0, 0.1) is 0 Å². The summed E-state index contributed by atoms with van der Waals surface area (Å²) in [5.41, 5.74) is 4.88. The zero-order chi connectivity index (χ0) is 11.3. The van der Waals surface area contributed by atoms with E-state index in [0.29, 0.717) is 13.2 Å². The predicted octanol–water partition coefficient (Wildman–Crippen LogP) is 0.799. The molecule has 0 spiro atoms. The maximum absolute atomic E-state index is 11.9. The summed E-state index contributed by atoms with van der Waals surface area (Å²) in [5.74, 6) is 0.0142. The van der Waals surface area contributed by atoms with Crippen LogP contribution in [-0.4, -0.2) is 30.7 Å². The lowest BCUT2D eigenvalue weighted by molar-refractivity contribution is -0.140. The molecule has 0 aromatic heterocycles. The summed E-state index contributed by atoms with van der Waals surface area (Å²) >= 11 is 0. The Morgan fingerprint density at radius 1 is 1.67 bits per heavy atom. The number of amides is 1. The Kier molecular flexibility index (Phi) is 4.54. The fourth-order valence-electron chi connectivity index (χ4n) is 1.88. The maximum Gasteiger partial charge on any atom is 0.252 e. The van der Waals surface area contributed by atoms with Gasteiger partial charge in [-0.2, -0.15) is 0 Å². The minimum absolute atomic E-state index is 0.0142. The molecule has 15 heavy (non-hydrogen) atoms. The Bertz CT molecular complexity index is 213. The first-order valence-corrected chi connectivity index (χ1v) is 5.77. The molecule has 0 saturated carbocycles. The number of rotatable bonds is 5. The van der Waals surface area contributed by atoms with E-state index in [2.05, 4.69) is 12.2 Å². The van der Waals surface area contributed by atoms with Gasteiger partial charge in [0.25, 0.3) is 5.91 Å². The van der Waals surface area contributed by atoms with E-state index >= 15 is 0 Å². The highest BCUT2D eigenvalue weighted by Crippen LogP contribution is 2.25. The maximum atomic E-state index is 11.9. The Balaban J connectivity index is 2.45. The van der Waals surface area contributed by atoms with Crippen LogP contribution in [-0.2, 0) is 9.53 Å². The van der Waals surface area contributed by atoms with Crippen molar-refractivity contribution in [1.82, 2.24) is 5.32 Å². The van der Waals surface area contributed by atoms with Crippen molar-refractivity contribution >= 4 is 5.91 Å². The van der Waals surface area contributed by atoms with E-state index in [4.69, 9.17) is 10.5 Å². The summed E-state index contributed by atoms with van der Waals surface area (Å²) in [6.07, 6.45) is 3.53. The van der Waals surface area contributed by atoms with Gasteiger partial charge in [-0.1, -0.05) is 6.92 Å². The molecule has 1 aliphatic heterocycles. The van der Waals surface area contributed by atoms with Crippen LogP contribution in [0.2, 0.25) is 0 Å². The number of carbonyl (C=O) groups excluding carboxylic acids is 1. The summed E-state index contributed by atoms with van der Waals surface area (Å²) in [5, 5.41) is 3.01. The van der Waals surface area contributed by atoms with Gasteiger partial charge in [-0.15, -0.1) is 0 Å². The summed E-state index contributed by atoms with van der Waals surface area (Å²) in [6.45, 7) is 5.22. The third-order valence-electron chi connectivity index (χ3n) is 3.04. The average molecular weight is 214 g/mol. The molecule has 0 aliphatic carbocycles. The number of ether oxygens (including phenoxy) is 1. The SMILES string of the molecule is CCC(CCN)NC(=O)C1(C)CCCO1.